The summed E-state index contributed by atoms with van der Waals surface area (Å²) in [5.74, 6) is 0.350. The fourth-order valence-corrected chi connectivity index (χ4v) is 3.75. The fourth-order valence-electron chi connectivity index (χ4n) is 3.75. The summed E-state index contributed by atoms with van der Waals surface area (Å²) in [6.07, 6.45) is 7.77. The van der Waals surface area contributed by atoms with Gasteiger partial charge in [0.25, 0.3) is 0 Å². The lowest BCUT2D eigenvalue weighted by Gasteiger charge is -2.34. The Morgan fingerprint density at radius 2 is 1.87 bits per heavy atom. The molecule has 1 saturated carbocycles. The van der Waals surface area contributed by atoms with Crippen LogP contribution < -0.4 is 0 Å². The van der Waals surface area contributed by atoms with Gasteiger partial charge < -0.3 is 9.84 Å². The van der Waals surface area contributed by atoms with Crippen LogP contribution in [0.4, 0.5) is 0 Å². The van der Waals surface area contributed by atoms with E-state index in [1.807, 2.05) is 6.07 Å². The van der Waals surface area contributed by atoms with Gasteiger partial charge in [-0.25, -0.2) is 0 Å². The fraction of sp³-hybridized carbons (Fsp3) is 0.600. The van der Waals surface area contributed by atoms with Crippen LogP contribution >= 0.6 is 0 Å². The minimum atomic E-state index is -0.307. The van der Waals surface area contributed by atoms with Gasteiger partial charge in [0, 0.05) is 25.6 Å². The van der Waals surface area contributed by atoms with E-state index in [9.17, 15) is 5.11 Å². The maximum atomic E-state index is 11.0. The molecule has 126 valence electrons. The summed E-state index contributed by atoms with van der Waals surface area (Å²) in [6.45, 7) is 4.66. The molecule has 1 N–H and O–H groups in total. The highest BCUT2D eigenvalue weighted by Gasteiger charge is 2.27. The summed E-state index contributed by atoms with van der Waals surface area (Å²) in [4.78, 5) is 2.46. The zero-order chi connectivity index (χ0) is 15.9. The Morgan fingerprint density at radius 3 is 2.65 bits per heavy atom. The van der Waals surface area contributed by atoms with Crippen LogP contribution in [0.2, 0.25) is 0 Å². The third kappa shape index (κ3) is 4.90. The highest BCUT2D eigenvalue weighted by atomic mass is 16.5. The number of ether oxygens (including phenoxy) is 1. The monoisotopic (exact) mass is 315 g/mol. The molecule has 0 amide bonds. The predicted octanol–water partition coefficient (Wildman–Crippen LogP) is 3.34. The van der Waals surface area contributed by atoms with Gasteiger partial charge in [0.05, 0.1) is 19.3 Å². The molecule has 1 aromatic carbocycles. The van der Waals surface area contributed by atoms with E-state index in [4.69, 9.17) is 4.74 Å². The SMILES string of the molecule is O[C@H]1/C(=C/c2ccccc2)CCCCC[C@H]1CN1CCOCC1. The molecule has 2 fully saturated rings. The second-order valence-corrected chi connectivity index (χ2v) is 6.85. The molecule has 0 spiro atoms. The van der Waals surface area contributed by atoms with Crippen LogP contribution in [0.5, 0.6) is 0 Å². The first kappa shape index (κ1) is 16.7. The summed E-state index contributed by atoms with van der Waals surface area (Å²) in [5, 5.41) is 11.0. The third-order valence-electron chi connectivity index (χ3n) is 5.11. The van der Waals surface area contributed by atoms with E-state index in [1.54, 1.807) is 0 Å². The van der Waals surface area contributed by atoms with Crippen molar-refractivity contribution < 1.29 is 9.84 Å². The van der Waals surface area contributed by atoms with Gasteiger partial charge >= 0.3 is 0 Å². The Labute approximate surface area is 140 Å². The average molecular weight is 315 g/mol. The minimum absolute atomic E-state index is 0.307. The second-order valence-electron chi connectivity index (χ2n) is 6.85. The van der Waals surface area contributed by atoms with Crippen molar-refractivity contribution in [2.75, 3.05) is 32.8 Å². The second kappa shape index (κ2) is 8.62. The molecule has 23 heavy (non-hydrogen) atoms. The zero-order valence-electron chi connectivity index (χ0n) is 14.0. The van der Waals surface area contributed by atoms with Crippen molar-refractivity contribution in [3.05, 3.63) is 41.5 Å². The molecule has 3 rings (SSSR count). The quantitative estimate of drug-likeness (QED) is 0.928. The van der Waals surface area contributed by atoms with E-state index < -0.39 is 0 Å². The Kier molecular flexibility index (Phi) is 6.26. The van der Waals surface area contributed by atoms with E-state index in [2.05, 4.69) is 35.2 Å². The van der Waals surface area contributed by atoms with Crippen LogP contribution in [0.1, 0.15) is 37.7 Å². The largest absolute Gasteiger partial charge is 0.388 e. The topological polar surface area (TPSA) is 32.7 Å². The van der Waals surface area contributed by atoms with Crippen molar-refractivity contribution in [1.82, 2.24) is 4.90 Å². The molecule has 2 atom stereocenters. The Morgan fingerprint density at radius 1 is 1.09 bits per heavy atom. The van der Waals surface area contributed by atoms with Crippen LogP contribution in [0, 0.1) is 5.92 Å². The molecule has 1 aliphatic heterocycles. The van der Waals surface area contributed by atoms with Crippen LogP contribution in [0.3, 0.4) is 0 Å². The maximum Gasteiger partial charge on any atom is 0.0793 e. The first-order valence-electron chi connectivity index (χ1n) is 9.06. The van der Waals surface area contributed by atoms with Gasteiger partial charge in [-0.05, 0) is 30.4 Å². The van der Waals surface area contributed by atoms with Gasteiger partial charge in [0.2, 0.25) is 0 Å². The van der Waals surface area contributed by atoms with E-state index in [1.165, 1.54) is 30.4 Å². The lowest BCUT2D eigenvalue weighted by Crippen LogP contribution is -2.42. The van der Waals surface area contributed by atoms with Crippen LogP contribution in [-0.4, -0.2) is 49.0 Å². The molecule has 1 aliphatic carbocycles. The van der Waals surface area contributed by atoms with Crippen LogP contribution in [0.15, 0.2) is 35.9 Å². The molecule has 3 nitrogen and oxygen atoms in total. The summed E-state index contributed by atoms with van der Waals surface area (Å²) in [6, 6.07) is 10.4. The number of hydrogen-bond acceptors (Lipinski definition) is 3. The lowest BCUT2D eigenvalue weighted by atomic mass is 9.84. The van der Waals surface area contributed by atoms with E-state index >= 15 is 0 Å². The molecule has 1 saturated heterocycles. The molecule has 1 heterocycles. The summed E-state index contributed by atoms with van der Waals surface area (Å²) in [7, 11) is 0. The van der Waals surface area contributed by atoms with E-state index in [-0.39, 0.29) is 6.10 Å². The van der Waals surface area contributed by atoms with Crippen molar-refractivity contribution in [2.45, 2.75) is 38.2 Å². The van der Waals surface area contributed by atoms with Gasteiger partial charge in [0.1, 0.15) is 0 Å². The van der Waals surface area contributed by atoms with Gasteiger partial charge in [-0.3, -0.25) is 4.90 Å². The number of benzene rings is 1. The van der Waals surface area contributed by atoms with Crippen LogP contribution in [0.25, 0.3) is 6.08 Å². The standard InChI is InChI=1S/C20H29NO2/c22-20-18(15-17-7-3-1-4-8-17)9-5-2-6-10-19(20)16-21-11-13-23-14-12-21/h1,3-4,7-8,15,19-20,22H,2,5-6,9-14,16H2/b18-15+/t19-,20-/m0/s1. The van der Waals surface area contributed by atoms with E-state index in [0.29, 0.717) is 5.92 Å². The summed E-state index contributed by atoms with van der Waals surface area (Å²) >= 11 is 0. The molecular formula is C20H29NO2. The van der Waals surface area contributed by atoms with Gasteiger partial charge in [0.15, 0.2) is 0 Å². The first-order valence-corrected chi connectivity index (χ1v) is 9.06. The Hall–Kier alpha value is -1.16. The van der Waals surface area contributed by atoms with Crippen molar-refractivity contribution in [3.8, 4) is 0 Å². The molecular weight excluding hydrogens is 286 g/mol. The molecule has 3 heteroatoms. The normalized spacial score (nSPS) is 29.2. The molecule has 0 bridgehead atoms. The number of aliphatic hydroxyl groups excluding tert-OH is 1. The number of aliphatic hydroxyl groups is 1. The summed E-state index contributed by atoms with van der Waals surface area (Å²) < 4.78 is 5.44. The zero-order valence-corrected chi connectivity index (χ0v) is 14.0. The van der Waals surface area contributed by atoms with Crippen molar-refractivity contribution in [3.63, 3.8) is 0 Å². The van der Waals surface area contributed by atoms with E-state index in [0.717, 1.165) is 45.7 Å². The van der Waals surface area contributed by atoms with Crippen LogP contribution in [-0.2, 0) is 4.74 Å². The molecule has 0 radical (unpaired) electrons. The maximum absolute atomic E-state index is 11.0. The first-order chi connectivity index (χ1) is 11.3. The number of rotatable bonds is 3. The van der Waals surface area contributed by atoms with Crippen molar-refractivity contribution in [1.29, 1.82) is 0 Å². The van der Waals surface area contributed by atoms with Gasteiger partial charge in [-0.15, -0.1) is 0 Å². The number of morpholine rings is 1. The Bertz CT molecular complexity index is 494. The smallest absolute Gasteiger partial charge is 0.0793 e. The number of nitrogens with zero attached hydrogens (tertiary/aromatic N) is 1. The van der Waals surface area contributed by atoms with Gasteiger partial charge in [-0.2, -0.15) is 0 Å². The summed E-state index contributed by atoms with van der Waals surface area (Å²) in [5.41, 5.74) is 2.42. The highest BCUT2D eigenvalue weighted by Crippen LogP contribution is 2.29. The minimum Gasteiger partial charge on any atom is -0.388 e. The molecule has 0 unspecified atom stereocenters. The Balaban J connectivity index is 1.71. The third-order valence-corrected chi connectivity index (χ3v) is 5.11. The average Bonchev–Trinajstić information content (AvgIpc) is 2.59. The molecule has 2 aliphatic rings. The van der Waals surface area contributed by atoms with Crippen molar-refractivity contribution >= 4 is 6.08 Å². The van der Waals surface area contributed by atoms with Gasteiger partial charge in [-0.1, -0.05) is 49.2 Å². The predicted molar refractivity (Wildman–Crippen MR) is 94.3 cm³/mol. The highest BCUT2D eigenvalue weighted by molar-refractivity contribution is 5.53. The lowest BCUT2D eigenvalue weighted by molar-refractivity contribution is 0.0148. The molecule has 0 aromatic heterocycles. The molecule has 1 aromatic rings. The number of hydrogen-bond donors (Lipinski definition) is 1. The van der Waals surface area contributed by atoms with Crippen molar-refractivity contribution in [2.24, 2.45) is 5.92 Å².